The Morgan fingerprint density at radius 3 is 2.18 bits per heavy atom. The zero-order valence-corrected chi connectivity index (χ0v) is 19.7. The van der Waals surface area contributed by atoms with Crippen LogP contribution in [0.2, 0.25) is 0 Å². The van der Waals surface area contributed by atoms with E-state index >= 15 is 4.39 Å². The van der Waals surface area contributed by atoms with Gasteiger partial charge in [0.25, 0.3) is 0 Å². The van der Waals surface area contributed by atoms with E-state index in [1.165, 1.54) is 31.2 Å². The lowest BCUT2D eigenvalue weighted by molar-refractivity contribution is 0.121. The van der Waals surface area contributed by atoms with Crippen LogP contribution in [0.4, 0.5) is 4.39 Å². The highest BCUT2D eigenvalue weighted by atomic mass is 19.1. The summed E-state index contributed by atoms with van der Waals surface area (Å²) < 4.78 is 20.6. The van der Waals surface area contributed by atoms with Gasteiger partial charge >= 0.3 is 0 Å². The SMILES string of the molecule is C=CC[C@H]1CC[C@H](c2ccc(-c3ccc(-c4ccc(COCCC)cc4)c(F)c3)cc2)CC1. The van der Waals surface area contributed by atoms with Crippen LogP contribution < -0.4 is 0 Å². The molecular weight excluding hydrogens is 407 g/mol. The second kappa shape index (κ2) is 11.4. The number of rotatable bonds is 9. The molecule has 2 heteroatoms. The summed E-state index contributed by atoms with van der Waals surface area (Å²) in [7, 11) is 0. The third-order valence-electron chi connectivity index (χ3n) is 6.91. The Kier molecular flexibility index (Phi) is 8.12. The van der Waals surface area contributed by atoms with Gasteiger partial charge in [-0.05, 0) is 84.2 Å². The van der Waals surface area contributed by atoms with E-state index in [1.807, 2.05) is 36.4 Å². The molecule has 0 saturated heterocycles. The first-order valence-electron chi connectivity index (χ1n) is 12.4. The van der Waals surface area contributed by atoms with Crippen LogP contribution in [0.1, 0.15) is 62.5 Å². The van der Waals surface area contributed by atoms with Crippen LogP contribution in [0, 0.1) is 11.7 Å². The molecule has 0 spiro atoms. The molecule has 1 aliphatic carbocycles. The smallest absolute Gasteiger partial charge is 0.131 e. The summed E-state index contributed by atoms with van der Waals surface area (Å²) in [6, 6.07) is 22.3. The predicted molar refractivity (Wildman–Crippen MR) is 137 cm³/mol. The molecule has 33 heavy (non-hydrogen) atoms. The average molecular weight is 443 g/mol. The van der Waals surface area contributed by atoms with E-state index in [1.54, 1.807) is 6.07 Å². The topological polar surface area (TPSA) is 9.23 Å². The number of halogens is 1. The lowest BCUT2D eigenvalue weighted by Gasteiger charge is -2.28. The van der Waals surface area contributed by atoms with E-state index in [4.69, 9.17) is 4.74 Å². The normalized spacial score (nSPS) is 18.2. The molecule has 0 N–H and O–H groups in total. The van der Waals surface area contributed by atoms with Crippen LogP contribution in [-0.2, 0) is 11.3 Å². The molecule has 172 valence electrons. The third kappa shape index (κ3) is 6.00. The standard InChI is InChI=1S/C31H35FO/c1-3-5-23-6-10-25(11-7-23)26-14-16-27(17-15-26)29-18-19-30(31(32)21-29)28-12-8-24(9-13-28)22-33-20-4-2/h3,8-9,12-19,21,23,25H,1,4-7,10-11,20,22H2,2H3/t23-,25-. The number of ether oxygens (including phenoxy) is 1. The third-order valence-corrected chi connectivity index (χ3v) is 6.91. The summed E-state index contributed by atoms with van der Waals surface area (Å²) in [4.78, 5) is 0. The lowest BCUT2D eigenvalue weighted by atomic mass is 9.77. The Balaban J connectivity index is 1.42. The Morgan fingerprint density at radius 2 is 1.55 bits per heavy atom. The van der Waals surface area contributed by atoms with Crippen LogP contribution in [0.3, 0.4) is 0 Å². The fourth-order valence-electron chi connectivity index (χ4n) is 4.96. The molecule has 1 saturated carbocycles. The Hall–Kier alpha value is -2.71. The Morgan fingerprint density at radius 1 is 0.879 bits per heavy atom. The second-order valence-corrected chi connectivity index (χ2v) is 9.31. The molecule has 0 amide bonds. The summed E-state index contributed by atoms with van der Waals surface area (Å²) in [6.45, 7) is 7.34. The van der Waals surface area contributed by atoms with E-state index < -0.39 is 0 Å². The van der Waals surface area contributed by atoms with Crippen molar-refractivity contribution in [1.82, 2.24) is 0 Å². The van der Waals surface area contributed by atoms with Gasteiger partial charge in [0.2, 0.25) is 0 Å². The van der Waals surface area contributed by atoms with Gasteiger partial charge in [0.05, 0.1) is 6.61 Å². The molecule has 0 unspecified atom stereocenters. The molecule has 1 aliphatic rings. The van der Waals surface area contributed by atoms with E-state index in [2.05, 4.69) is 43.8 Å². The quantitative estimate of drug-likeness (QED) is 0.237. The van der Waals surface area contributed by atoms with Crippen molar-refractivity contribution in [2.45, 2.75) is 58.0 Å². The highest BCUT2D eigenvalue weighted by Crippen LogP contribution is 2.38. The molecule has 3 aromatic rings. The maximum atomic E-state index is 15.0. The minimum atomic E-state index is -0.188. The van der Waals surface area contributed by atoms with Crippen molar-refractivity contribution in [2.75, 3.05) is 6.61 Å². The molecule has 3 aromatic carbocycles. The zero-order valence-electron chi connectivity index (χ0n) is 19.7. The fraction of sp³-hybridized carbons (Fsp3) is 0.355. The first-order valence-corrected chi connectivity index (χ1v) is 12.4. The summed E-state index contributed by atoms with van der Waals surface area (Å²) >= 11 is 0. The van der Waals surface area contributed by atoms with E-state index in [9.17, 15) is 0 Å². The van der Waals surface area contributed by atoms with Crippen molar-refractivity contribution in [3.63, 3.8) is 0 Å². The maximum Gasteiger partial charge on any atom is 0.131 e. The Bertz CT molecular complexity index is 1030. The van der Waals surface area contributed by atoms with Gasteiger partial charge < -0.3 is 4.74 Å². The molecular formula is C31H35FO. The second-order valence-electron chi connectivity index (χ2n) is 9.31. The molecule has 1 fully saturated rings. The minimum Gasteiger partial charge on any atom is -0.377 e. The molecule has 0 bridgehead atoms. The summed E-state index contributed by atoms with van der Waals surface area (Å²) in [6.07, 6.45) is 9.30. The van der Waals surface area contributed by atoms with Gasteiger partial charge in [0.15, 0.2) is 0 Å². The van der Waals surface area contributed by atoms with Crippen molar-refractivity contribution in [3.05, 3.63) is 96.3 Å². The van der Waals surface area contributed by atoms with Crippen LogP contribution >= 0.6 is 0 Å². The minimum absolute atomic E-state index is 0.188. The van der Waals surface area contributed by atoms with Crippen molar-refractivity contribution >= 4 is 0 Å². The number of allylic oxidation sites excluding steroid dienone is 1. The highest BCUT2D eigenvalue weighted by Gasteiger charge is 2.21. The van der Waals surface area contributed by atoms with Crippen molar-refractivity contribution < 1.29 is 9.13 Å². The number of benzene rings is 3. The van der Waals surface area contributed by atoms with Gasteiger partial charge in [-0.3, -0.25) is 0 Å². The highest BCUT2D eigenvalue weighted by molar-refractivity contribution is 5.71. The van der Waals surface area contributed by atoms with E-state index in [-0.39, 0.29) is 5.82 Å². The number of hydrogen-bond donors (Lipinski definition) is 0. The molecule has 0 heterocycles. The van der Waals surface area contributed by atoms with Gasteiger partial charge in [-0.2, -0.15) is 0 Å². The molecule has 1 nitrogen and oxygen atoms in total. The van der Waals surface area contributed by atoms with Gasteiger partial charge in [-0.25, -0.2) is 4.39 Å². The summed E-state index contributed by atoms with van der Waals surface area (Å²) in [5.74, 6) is 1.27. The van der Waals surface area contributed by atoms with E-state index in [0.717, 1.165) is 47.6 Å². The van der Waals surface area contributed by atoms with Gasteiger partial charge in [-0.15, -0.1) is 6.58 Å². The van der Waals surface area contributed by atoms with Crippen molar-refractivity contribution in [1.29, 1.82) is 0 Å². The molecule has 0 radical (unpaired) electrons. The van der Waals surface area contributed by atoms with E-state index in [0.29, 0.717) is 18.1 Å². The molecule has 0 aliphatic heterocycles. The maximum absolute atomic E-state index is 15.0. The van der Waals surface area contributed by atoms with Crippen LogP contribution in [-0.4, -0.2) is 6.61 Å². The first kappa shape index (κ1) is 23.4. The summed E-state index contributed by atoms with van der Waals surface area (Å²) in [5, 5.41) is 0. The zero-order chi connectivity index (χ0) is 23.0. The van der Waals surface area contributed by atoms with Gasteiger partial charge in [0, 0.05) is 12.2 Å². The van der Waals surface area contributed by atoms with Crippen LogP contribution in [0.15, 0.2) is 79.4 Å². The molecule has 4 rings (SSSR count). The van der Waals surface area contributed by atoms with Crippen LogP contribution in [0.5, 0.6) is 0 Å². The monoisotopic (exact) mass is 442 g/mol. The predicted octanol–water partition coefficient (Wildman–Crippen LogP) is 8.94. The first-order chi connectivity index (χ1) is 16.2. The molecule has 0 atom stereocenters. The average Bonchev–Trinajstić information content (AvgIpc) is 2.86. The van der Waals surface area contributed by atoms with Crippen molar-refractivity contribution in [2.24, 2.45) is 5.92 Å². The number of hydrogen-bond acceptors (Lipinski definition) is 1. The lowest BCUT2D eigenvalue weighted by Crippen LogP contribution is -2.12. The van der Waals surface area contributed by atoms with Gasteiger partial charge in [0.1, 0.15) is 5.82 Å². The fourth-order valence-corrected chi connectivity index (χ4v) is 4.96. The van der Waals surface area contributed by atoms with Crippen LogP contribution in [0.25, 0.3) is 22.3 Å². The largest absolute Gasteiger partial charge is 0.377 e. The Labute approximate surface area is 198 Å². The van der Waals surface area contributed by atoms with Gasteiger partial charge in [-0.1, -0.05) is 73.7 Å². The summed E-state index contributed by atoms with van der Waals surface area (Å²) in [5.41, 5.74) is 6.03. The molecule has 0 aromatic heterocycles. The van der Waals surface area contributed by atoms with Crippen molar-refractivity contribution in [3.8, 4) is 22.3 Å².